The number of benzene rings is 1. The fraction of sp³-hybridized carbons (Fsp3) is 0.385. The minimum atomic E-state index is -0.361. The molecular formula is C13H17NO4. The van der Waals surface area contributed by atoms with Crippen molar-refractivity contribution in [2.75, 3.05) is 27.3 Å². The van der Waals surface area contributed by atoms with E-state index >= 15 is 0 Å². The largest absolute Gasteiger partial charge is 0.492 e. The third-order valence-corrected chi connectivity index (χ3v) is 2.50. The predicted octanol–water partition coefficient (Wildman–Crippen LogP) is 1.25. The number of carbonyl (C=O) groups is 2. The summed E-state index contributed by atoms with van der Waals surface area (Å²) in [5, 5.41) is 0. The maximum absolute atomic E-state index is 11.4. The van der Waals surface area contributed by atoms with E-state index in [1.54, 1.807) is 25.2 Å². The highest BCUT2D eigenvalue weighted by Crippen LogP contribution is 2.17. The Bertz CT molecular complexity index is 431. The summed E-state index contributed by atoms with van der Waals surface area (Å²) in [5.41, 5.74) is 1.32. The zero-order valence-electron chi connectivity index (χ0n) is 10.8. The van der Waals surface area contributed by atoms with Crippen LogP contribution in [0.1, 0.15) is 15.9 Å². The predicted molar refractivity (Wildman–Crippen MR) is 66.7 cm³/mol. The molecule has 18 heavy (non-hydrogen) atoms. The van der Waals surface area contributed by atoms with Crippen LogP contribution in [0.25, 0.3) is 0 Å². The van der Waals surface area contributed by atoms with Gasteiger partial charge in [0.25, 0.3) is 0 Å². The van der Waals surface area contributed by atoms with E-state index in [4.69, 9.17) is 4.74 Å². The molecule has 1 aromatic rings. The second kappa shape index (κ2) is 6.64. The van der Waals surface area contributed by atoms with E-state index < -0.39 is 0 Å². The molecule has 5 heteroatoms. The second-order valence-corrected chi connectivity index (χ2v) is 3.90. The Morgan fingerprint density at radius 2 is 2.17 bits per heavy atom. The molecule has 0 aliphatic rings. The number of methoxy groups -OCH3 is 1. The first-order chi connectivity index (χ1) is 8.58. The van der Waals surface area contributed by atoms with Gasteiger partial charge in [0, 0.05) is 7.05 Å². The summed E-state index contributed by atoms with van der Waals surface area (Å²) in [4.78, 5) is 23.2. The topological polar surface area (TPSA) is 55.8 Å². The van der Waals surface area contributed by atoms with Gasteiger partial charge in [0.05, 0.1) is 19.2 Å². The molecule has 0 bridgehead atoms. The molecule has 1 amide bonds. The van der Waals surface area contributed by atoms with E-state index in [1.165, 1.54) is 12.0 Å². The summed E-state index contributed by atoms with van der Waals surface area (Å²) in [5.74, 6) is 0.305. The molecule has 0 saturated heterocycles. The third-order valence-electron chi connectivity index (χ3n) is 2.50. The Kier molecular flexibility index (Phi) is 5.17. The third kappa shape index (κ3) is 3.76. The summed E-state index contributed by atoms with van der Waals surface area (Å²) >= 11 is 0. The number of hydrogen-bond acceptors (Lipinski definition) is 4. The minimum absolute atomic E-state index is 0.361. The number of nitrogens with zero attached hydrogens (tertiary/aromatic N) is 1. The fourth-order valence-corrected chi connectivity index (χ4v) is 1.43. The zero-order valence-corrected chi connectivity index (χ0v) is 10.8. The smallest absolute Gasteiger partial charge is 0.338 e. The molecule has 0 aliphatic carbocycles. The van der Waals surface area contributed by atoms with E-state index in [-0.39, 0.29) is 5.97 Å². The Labute approximate surface area is 106 Å². The van der Waals surface area contributed by atoms with Crippen LogP contribution in [-0.2, 0) is 9.53 Å². The number of esters is 1. The molecule has 0 fully saturated rings. The highest BCUT2D eigenvalue weighted by atomic mass is 16.5. The lowest BCUT2D eigenvalue weighted by molar-refractivity contribution is -0.117. The van der Waals surface area contributed by atoms with Gasteiger partial charge in [-0.15, -0.1) is 0 Å². The fourth-order valence-electron chi connectivity index (χ4n) is 1.43. The van der Waals surface area contributed by atoms with Gasteiger partial charge >= 0.3 is 5.97 Å². The molecule has 0 spiro atoms. The van der Waals surface area contributed by atoms with Crippen molar-refractivity contribution < 1.29 is 19.1 Å². The maximum Gasteiger partial charge on any atom is 0.338 e. The van der Waals surface area contributed by atoms with Crippen LogP contribution in [0, 0.1) is 6.92 Å². The quantitative estimate of drug-likeness (QED) is 0.564. The number of aryl methyl sites for hydroxylation is 1. The van der Waals surface area contributed by atoms with E-state index in [9.17, 15) is 9.59 Å². The van der Waals surface area contributed by atoms with E-state index in [2.05, 4.69) is 4.74 Å². The number of likely N-dealkylation sites (N-methyl/N-ethyl adjacent to an activating group) is 1. The number of rotatable bonds is 6. The highest BCUT2D eigenvalue weighted by molar-refractivity contribution is 5.91. The van der Waals surface area contributed by atoms with Gasteiger partial charge in [-0.25, -0.2) is 4.79 Å². The van der Waals surface area contributed by atoms with E-state index in [1.807, 2.05) is 6.92 Å². The van der Waals surface area contributed by atoms with Crippen molar-refractivity contribution in [1.29, 1.82) is 0 Å². The van der Waals surface area contributed by atoms with Crippen molar-refractivity contribution in [2.24, 2.45) is 0 Å². The van der Waals surface area contributed by atoms with Crippen LogP contribution < -0.4 is 4.74 Å². The van der Waals surface area contributed by atoms with Crippen molar-refractivity contribution in [3.05, 3.63) is 29.3 Å². The Morgan fingerprint density at radius 1 is 1.44 bits per heavy atom. The zero-order chi connectivity index (χ0) is 13.5. The molecule has 1 rings (SSSR count). The van der Waals surface area contributed by atoms with Crippen LogP contribution in [-0.4, -0.2) is 44.6 Å². The summed E-state index contributed by atoms with van der Waals surface area (Å²) in [6.45, 7) is 2.74. The van der Waals surface area contributed by atoms with Crippen LogP contribution >= 0.6 is 0 Å². The number of hydrogen-bond donors (Lipinski definition) is 0. The summed E-state index contributed by atoms with van der Waals surface area (Å²) in [7, 11) is 3.03. The van der Waals surface area contributed by atoms with Gasteiger partial charge in [-0.2, -0.15) is 0 Å². The lowest BCUT2D eigenvalue weighted by Crippen LogP contribution is -2.22. The van der Waals surface area contributed by atoms with Gasteiger partial charge in [0.1, 0.15) is 12.4 Å². The molecule has 0 radical (unpaired) electrons. The molecule has 0 aromatic heterocycles. The molecule has 0 heterocycles. The number of ether oxygens (including phenoxy) is 2. The van der Waals surface area contributed by atoms with Crippen LogP contribution in [0.4, 0.5) is 0 Å². The Hall–Kier alpha value is -2.04. The first kappa shape index (κ1) is 14.0. The summed E-state index contributed by atoms with van der Waals surface area (Å²) in [6.07, 6.45) is 0.745. The lowest BCUT2D eigenvalue weighted by atomic mass is 10.1. The first-order valence-corrected chi connectivity index (χ1v) is 5.55. The highest BCUT2D eigenvalue weighted by Gasteiger charge is 2.09. The lowest BCUT2D eigenvalue weighted by Gasteiger charge is -2.12. The van der Waals surface area contributed by atoms with Gasteiger partial charge in [0.2, 0.25) is 6.41 Å². The van der Waals surface area contributed by atoms with Crippen LogP contribution in [0.3, 0.4) is 0 Å². The van der Waals surface area contributed by atoms with E-state index in [0.29, 0.717) is 24.5 Å². The molecule has 98 valence electrons. The molecule has 0 N–H and O–H groups in total. The van der Waals surface area contributed by atoms with Crippen LogP contribution in [0.5, 0.6) is 5.75 Å². The molecule has 0 unspecified atom stereocenters. The molecule has 0 atom stereocenters. The SMILES string of the molecule is COC(=O)c1ccc(OCCN(C)C=O)cc1C. The molecule has 0 saturated carbocycles. The Balaban J connectivity index is 2.61. The number of carbonyl (C=O) groups excluding carboxylic acids is 2. The Morgan fingerprint density at radius 3 is 2.72 bits per heavy atom. The minimum Gasteiger partial charge on any atom is -0.492 e. The summed E-state index contributed by atoms with van der Waals surface area (Å²) < 4.78 is 10.1. The monoisotopic (exact) mass is 251 g/mol. The van der Waals surface area contributed by atoms with Gasteiger partial charge in [0.15, 0.2) is 0 Å². The average Bonchev–Trinajstić information content (AvgIpc) is 2.37. The van der Waals surface area contributed by atoms with Crippen molar-refractivity contribution in [2.45, 2.75) is 6.92 Å². The van der Waals surface area contributed by atoms with Gasteiger partial charge in [-0.1, -0.05) is 0 Å². The van der Waals surface area contributed by atoms with Gasteiger partial charge in [-0.05, 0) is 30.7 Å². The van der Waals surface area contributed by atoms with Crippen molar-refractivity contribution in [3.8, 4) is 5.75 Å². The normalized spacial score (nSPS) is 9.72. The maximum atomic E-state index is 11.4. The van der Waals surface area contributed by atoms with Crippen LogP contribution in [0.15, 0.2) is 18.2 Å². The standard InChI is InChI=1S/C13H17NO4/c1-10-8-11(18-7-6-14(2)9-15)4-5-12(10)13(16)17-3/h4-5,8-9H,6-7H2,1-3H3. The van der Waals surface area contributed by atoms with Crippen molar-refractivity contribution >= 4 is 12.4 Å². The molecule has 5 nitrogen and oxygen atoms in total. The first-order valence-electron chi connectivity index (χ1n) is 5.55. The van der Waals surface area contributed by atoms with Crippen molar-refractivity contribution in [1.82, 2.24) is 4.90 Å². The van der Waals surface area contributed by atoms with Crippen LogP contribution in [0.2, 0.25) is 0 Å². The van der Waals surface area contributed by atoms with Gasteiger partial charge < -0.3 is 14.4 Å². The van der Waals surface area contributed by atoms with Crippen molar-refractivity contribution in [3.63, 3.8) is 0 Å². The van der Waals surface area contributed by atoms with Gasteiger partial charge in [-0.3, -0.25) is 4.79 Å². The summed E-state index contributed by atoms with van der Waals surface area (Å²) in [6, 6.07) is 5.15. The second-order valence-electron chi connectivity index (χ2n) is 3.90. The molecule has 1 aromatic carbocycles. The molecular weight excluding hydrogens is 234 g/mol. The average molecular weight is 251 g/mol. The number of amides is 1. The van der Waals surface area contributed by atoms with E-state index in [0.717, 1.165) is 12.0 Å². The molecule has 0 aliphatic heterocycles.